The standard InChI is InChI=1S/C15H18N6O/c1-11(22)21-7-2-4-12(10-21)13-8-16-9-14(19-13)20-15-17-5-3-6-18-15/h3,5-6,8-9,12H,2,4,7,10H2,1H3,(H,17,18,19,20)/t12-/m0/s1. The summed E-state index contributed by atoms with van der Waals surface area (Å²) in [6.45, 7) is 3.14. The van der Waals surface area contributed by atoms with Crippen molar-refractivity contribution in [3.63, 3.8) is 0 Å². The maximum atomic E-state index is 11.5. The minimum Gasteiger partial charge on any atom is -0.342 e. The Kier molecular flexibility index (Phi) is 4.22. The number of hydrogen-bond donors (Lipinski definition) is 1. The Bertz CT molecular complexity index is 647. The number of amides is 1. The van der Waals surface area contributed by atoms with Crippen molar-refractivity contribution in [2.24, 2.45) is 0 Å². The molecule has 7 nitrogen and oxygen atoms in total. The molecule has 1 amide bonds. The Morgan fingerprint density at radius 2 is 2.14 bits per heavy atom. The van der Waals surface area contributed by atoms with E-state index in [9.17, 15) is 4.79 Å². The second-order valence-electron chi connectivity index (χ2n) is 5.33. The number of rotatable bonds is 3. The molecule has 0 aromatic carbocycles. The largest absolute Gasteiger partial charge is 0.342 e. The highest BCUT2D eigenvalue weighted by molar-refractivity contribution is 5.73. The molecule has 1 N–H and O–H groups in total. The third-order valence-corrected chi connectivity index (χ3v) is 3.74. The van der Waals surface area contributed by atoms with Gasteiger partial charge in [0, 0.05) is 44.5 Å². The van der Waals surface area contributed by atoms with Crippen LogP contribution in [0.5, 0.6) is 0 Å². The van der Waals surface area contributed by atoms with E-state index < -0.39 is 0 Å². The van der Waals surface area contributed by atoms with E-state index in [2.05, 4.69) is 25.3 Å². The number of anilines is 2. The van der Waals surface area contributed by atoms with Gasteiger partial charge in [-0.2, -0.15) is 0 Å². The fourth-order valence-electron chi connectivity index (χ4n) is 2.62. The van der Waals surface area contributed by atoms with E-state index >= 15 is 0 Å². The number of nitrogens with one attached hydrogen (secondary N) is 1. The molecule has 1 aliphatic heterocycles. The zero-order chi connectivity index (χ0) is 15.4. The number of hydrogen-bond acceptors (Lipinski definition) is 6. The Hall–Kier alpha value is -2.57. The van der Waals surface area contributed by atoms with Crippen LogP contribution in [0.15, 0.2) is 30.9 Å². The van der Waals surface area contributed by atoms with E-state index in [0.29, 0.717) is 18.3 Å². The molecule has 1 aliphatic rings. The van der Waals surface area contributed by atoms with Gasteiger partial charge in [-0.15, -0.1) is 0 Å². The second-order valence-corrected chi connectivity index (χ2v) is 5.33. The second kappa shape index (κ2) is 6.46. The molecule has 1 saturated heterocycles. The summed E-state index contributed by atoms with van der Waals surface area (Å²) in [6.07, 6.45) is 8.75. The third kappa shape index (κ3) is 3.36. The average Bonchev–Trinajstić information content (AvgIpc) is 2.56. The van der Waals surface area contributed by atoms with Crippen LogP contribution in [0.2, 0.25) is 0 Å². The van der Waals surface area contributed by atoms with E-state index in [1.54, 1.807) is 37.8 Å². The molecule has 2 aromatic rings. The molecular formula is C15H18N6O. The molecule has 0 bridgehead atoms. The fraction of sp³-hybridized carbons (Fsp3) is 0.400. The molecule has 0 radical (unpaired) electrons. The van der Waals surface area contributed by atoms with E-state index in [0.717, 1.165) is 25.1 Å². The molecule has 0 saturated carbocycles. The van der Waals surface area contributed by atoms with Gasteiger partial charge in [-0.25, -0.2) is 15.0 Å². The van der Waals surface area contributed by atoms with Crippen LogP contribution in [-0.4, -0.2) is 43.8 Å². The van der Waals surface area contributed by atoms with Crippen molar-refractivity contribution in [3.8, 4) is 0 Å². The quantitative estimate of drug-likeness (QED) is 0.929. The monoisotopic (exact) mass is 298 g/mol. The summed E-state index contributed by atoms with van der Waals surface area (Å²) in [5.41, 5.74) is 0.895. The van der Waals surface area contributed by atoms with Crippen LogP contribution in [0.4, 0.5) is 11.8 Å². The Labute approximate surface area is 128 Å². The van der Waals surface area contributed by atoms with Crippen LogP contribution in [0.1, 0.15) is 31.4 Å². The minimum atomic E-state index is 0.115. The Morgan fingerprint density at radius 3 is 2.91 bits per heavy atom. The molecule has 22 heavy (non-hydrogen) atoms. The summed E-state index contributed by atoms with van der Waals surface area (Å²) in [6, 6.07) is 1.76. The lowest BCUT2D eigenvalue weighted by Crippen LogP contribution is -2.37. The van der Waals surface area contributed by atoms with Gasteiger partial charge >= 0.3 is 0 Å². The molecule has 0 unspecified atom stereocenters. The summed E-state index contributed by atoms with van der Waals surface area (Å²) in [5.74, 6) is 1.44. The van der Waals surface area contributed by atoms with Gasteiger partial charge in [-0.1, -0.05) is 0 Å². The van der Waals surface area contributed by atoms with Crippen LogP contribution < -0.4 is 5.32 Å². The van der Waals surface area contributed by atoms with Crippen LogP contribution in [0.25, 0.3) is 0 Å². The summed E-state index contributed by atoms with van der Waals surface area (Å²) in [4.78, 5) is 30.5. The smallest absolute Gasteiger partial charge is 0.228 e. The van der Waals surface area contributed by atoms with Crippen LogP contribution in [0, 0.1) is 0 Å². The van der Waals surface area contributed by atoms with Crippen molar-refractivity contribution in [2.45, 2.75) is 25.7 Å². The zero-order valence-corrected chi connectivity index (χ0v) is 12.4. The maximum absolute atomic E-state index is 11.5. The van der Waals surface area contributed by atoms with E-state index in [4.69, 9.17) is 0 Å². The maximum Gasteiger partial charge on any atom is 0.228 e. The van der Waals surface area contributed by atoms with Gasteiger partial charge in [0.1, 0.15) is 0 Å². The molecule has 3 heterocycles. The summed E-state index contributed by atoms with van der Waals surface area (Å²) in [7, 11) is 0. The van der Waals surface area contributed by atoms with Crippen LogP contribution in [0.3, 0.4) is 0 Å². The molecule has 1 fully saturated rings. The third-order valence-electron chi connectivity index (χ3n) is 3.74. The van der Waals surface area contributed by atoms with Crippen LogP contribution in [-0.2, 0) is 4.79 Å². The van der Waals surface area contributed by atoms with Gasteiger partial charge in [-0.3, -0.25) is 9.78 Å². The van der Waals surface area contributed by atoms with Crippen molar-refractivity contribution in [1.82, 2.24) is 24.8 Å². The lowest BCUT2D eigenvalue weighted by Gasteiger charge is -2.31. The van der Waals surface area contributed by atoms with Gasteiger partial charge < -0.3 is 10.2 Å². The summed E-state index contributed by atoms with van der Waals surface area (Å²) < 4.78 is 0. The SMILES string of the molecule is CC(=O)N1CCC[C@H](c2cncc(Nc3ncccn3)n2)C1. The first-order valence-electron chi connectivity index (χ1n) is 7.34. The predicted octanol–water partition coefficient (Wildman–Crippen LogP) is 1.74. The lowest BCUT2D eigenvalue weighted by molar-refractivity contribution is -0.130. The topological polar surface area (TPSA) is 83.9 Å². The summed E-state index contributed by atoms with van der Waals surface area (Å²) >= 11 is 0. The number of carbonyl (C=O) groups excluding carboxylic acids is 1. The van der Waals surface area contributed by atoms with Gasteiger partial charge in [0.2, 0.25) is 11.9 Å². The van der Waals surface area contributed by atoms with Gasteiger partial charge in [-0.05, 0) is 18.9 Å². The highest BCUT2D eigenvalue weighted by Crippen LogP contribution is 2.26. The van der Waals surface area contributed by atoms with E-state index in [1.165, 1.54) is 0 Å². The number of carbonyl (C=O) groups is 1. The molecule has 114 valence electrons. The van der Waals surface area contributed by atoms with Gasteiger partial charge in [0.25, 0.3) is 0 Å². The van der Waals surface area contributed by atoms with Crippen molar-refractivity contribution in [3.05, 3.63) is 36.5 Å². The predicted molar refractivity (Wildman–Crippen MR) is 81.6 cm³/mol. The van der Waals surface area contributed by atoms with E-state index in [1.807, 2.05) is 4.90 Å². The number of piperidine rings is 1. The highest BCUT2D eigenvalue weighted by atomic mass is 16.2. The minimum absolute atomic E-state index is 0.115. The Morgan fingerprint density at radius 1 is 1.32 bits per heavy atom. The van der Waals surface area contributed by atoms with Crippen molar-refractivity contribution >= 4 is 17.7 Å². The molecule has 3 rings (SSSR count). The molecule has 2 aromatic heterocycles. The normalized spacial score (nSPS) is 18.0. The zero-order valence-electron chi connectivity index (χ0n) is 12.4. The molecular weight excluding hydrogens is 280 g/mol. The number of aromatic nitrogens is 4. The molecule has 7 heteroatoms. The fourth-order valence-corrected chi connectivity index (χ4v) is 2.62. The number of nitrogens with zero attached hydrogens (tertiary/aromatic N) is 5. The number of likely N-dealkylation sites (tertiary alicyclic amines) is 1. The Balaban J connectivity index is 1.75. The molecule has 0 spiro atoms. The lowest BCUT2D eigenvalue weighted by atomic mass is 9.95. The van der Waals surface area contributed by atoms with Gasteiger partial charge in [0.05, 0.1) is 11.9 Å². The first-order chi connectivity index (χ1) is 10.7. The van der Waals surface area contributed by atoms with Crippen molar-refractivity contribution in [2.75, 3.05) is 18.4 Å². The van der Waals surface area contributed by atoms with Crippen molar-refractivity contribution in [1.29, 1.82) is 0 Å². The average molecular weight is 298 g/mol. The molecule has 1 atom stereocenters. The van der Waals surface area contributed by atoms with E-state index in [-0.39, 0.29) is 11.8 Å². The van der Waals surface area contributed by atoms with Gasteiger partial charge in [0.15, 0.2) is 5.82 Å². The first-order valence-corrected chi connectivity index (χ1v) is 7.34. The molecule has 0 aliphatic carbocycles. The highest BCUT2D eigenvalue weighted by Gasteiger charge is 2.24. The van der Waals surface area contributed by atoms with Crippen LogP contribution >= 0.6 is 0 Å². The summed E-state index contributed by atoms with van der Waals surface area (Å²) in [5, 5.41) is 3.04. The first kappa shape index (κ1) is 14.4. The van der Waals surface area contributed by atoms with Crippen molar-refractivity contribution < 1.29 is 4.79 Å².